The Hall–Kier alpha value is -2.38. The van der Waals surface area contributed by atoms with E-state index in [2.05, 4.69) is 58.6 Å². The van der Waals surface area contributed by atoms with Gasteiger partial charge in [-0.15, -0.1) is 0 Å². The van der Waals surface area contributed by atoms with Crippen LogP contribution in [0.5, 0.6) is 0 Å². The minimum absolute atomic E-state index is 0.0867. The summed E-state index contributed by atoms with van der Waals surface area (Å²) in [5.74, 6) is 0.926. The molecule has 0 aliphatic carbocycles. The summed E-state index contributed by atoms with van der Waals surface area (Å²) in [6, 6.07) is 20.0. The highest BCUT2D eigenvalue weighted by Crippen LogP contribution is 2.19. The Morgan fingerprint density at radius 2 is 1.58 bits per heavy atom. The average Bonchev–Trinajstić information content (AvgIpc) is 2.78. The van der Waals surface area contributed by atoms with Crippen molar-refractivity contribution in [3.8, 4) is 0 Å². The van der Waals surface area contributed by atoms with Crippen LogP contribution in [0.15, 0.2) is 65.7 Å². The van der Waals surface area contributed by atoms with E-state index >= 15 is 0 Å². The summed E-state index contributed by atoms with van der Waals surface area (Å²) in [5, 5.41) is 6.65. The van der Waals surface area contributed by atoms with Crippen LogP contribution in [0, 0.1) is 0 Å². The van der Waals surface area contributed by atoms with Gasteiger partial charge in [-0.2, -0.15) is 0 Å². The molecule has 2 aromatic carbocycles. The fourth-order valence-corrected chi connectivity index (χ4v) is 5.04. The van der Waals surface area contributed by atoms with E-state index in [9.17, 15) is 8.42 Å². The quantitative estimate of drug-likeness (QED) is 0.299. The Labute approximate surface area is 187 Å². The first-order valence-electron chi connectivity index (χ1n) is 11.0. The molecule has 7 heteroatoms. The molecule has 0 spiro atoms. The molecule has 31 heavy (non-hydrogen) atoms. The van der Waals surface area contributed by atoms with E-state index in [1.54, 1.807) is 7.05 Å². The van der Waals surface area contributed by atoms with Crippen molar-refractivity contribution in [1.29, 1.82) is 0 Å². The van der Waals surface area contributed by atoms with Gasteiger partial charge in [0.2, 0.25) is 0 Å². The van der Waals surface area contributed by atoms with Gasteiger partial charge in [0.15, 0.2) is 15.8 Å². The molecule has 6 nitrogen and oxygen atoms in total. The smallest absolute Gasteiger partial charge is 0.191 e. The Kier molecular flexibility index (Phi) is 10.5. The number of hydrogen-bond donors (Lipinski definition) is 2. The van der Waals surface area contributed by atoms with Crippen molar-refractivity contribution in [2.24, 2.45) is 4.99 Å². The van der Waals surface area contributed by atoms with E-state index < -0.39 is 9.84 Å². The lowest BCUT2D eigenvalue weighted by Gasteiger charge is -2.30. The topological polar surface area (TPSA) is 73.8 Å². The lowest BCUT2D eigenvalue weighted by molar-refractivity contribution is 0.219. The summed E-state index contributed by atoms with van der Waals surface area (Å²) < 4.78 is 24.7. The SMILES string of the molecule is CCN(CC)C(CNC(=NC)NCCCS(=O)(=O)Cc1ccccc1)c1ccccc1. The molecule has 0 saturated carbocycles. The number of sulfone groups is 1. The molecule has 1 unspecified atom stereocenters. The molecule has 0 radical (unpaired) electrons. The Bertz CT molecular complexity index is 882. The number of benzene rings is 2. The third-order valence-corrected chi connectivity index (χ3v) is 6.96. The maximum atomic E-state index is 12.3. The number of rotatable bonds is 12. The predicted molar refractivity (Wildman–Crippen MR) is 130 cm³/mol. The number of hydrogen-bond acceptors (Lipinski definition) is 4. The van der Waals surface area contributed by atoms with Crippen LogP contribution >= 0.6 is 0 Å². The molecule has 0 aliphatic heterocycles. The molecular weight excluding hydrogens is 408 g/mol. The third kappa shape index (κ3) is 8.71. The fourth-order valence-electron chi connectivity index (χ4n) is 3.61. The van der Waals surface area contributed by atoms with Gasteiger partial charge in [0.25, 0.3) is 0 Å². The molecule has 0 saturated heterocycles. The first-order valence-corrected chi connectivity index (χ1v) is 12.8. The summed E-state index contributed by atoms with van der Waals surface area (Å²) in [6.45, 7) is 7.53. The van der Waals surface area contributed by atoms with E-state index in [4.69, 9.17) is 0 Å². The summed E-state index contributed by atoms with van der Waals surface area (Å²) in [5.41, 5.74) is 2.09. The molecular formula is C24H36N4O2S. The number of likely N-dealkylation sites (N-methyl/N-ethyl adjacent to an activating group) is 1. The van der Waals surface area contributed by atoms with Gasteiger partial charge in [-0.1, -0.05) is 74.5 Å². The Morgan fingerprint density at radius 3 is 2.16 bits per heavy atom. The molecule has 0 heterocycles. The highest BCUT2D eigenvalue weighted by atomic mass is 32.2. The van der Waals surface area contributed by atoms with Crippen LogP contribution in [0.25, 0.3) is 0 Å². The van der Waals surface area contributed by atoms with Gasteiger partial charge in [0.1, 0.15) is 0 Å². The van der Waals surface area contributed by atoms with Crippen LogP contribution in [0.3, 0.4) is 0 Å². The second kappa shape index (κ2) is 13.1. The Balaban J connectivity index is 1.83. The highest BCUT2D eigenvalue weighted by Gasteiger charge is 2.18. The van der Waals surface area contributed by atoms with Gasteiger partial charge in [-0.3, -0.25) is 9.89 Å². The minimum Gasteiger partial charge on any atom is -0.356 e. The van der Waals surface area contributed by atoms with Gasteiger partial charge in [-0.25, -0.2) is 8.42 Å². The number of nitrogens with zero attached hydrogens (tertiary/aromatic N) is 2. The highest BCUT2D eigenvalue weighted by molar-refractivity contribution is 7.90. The van der Waals surface area contributed by atoms with E-state index in [1.165, 1.54) is 5.56 Å². The normalized spacial score (nSPS) is 13.2. The van der Waals surface area contributed by atoms with Gasteiger partial charge < -0.3 is 10.6 Å². The van der Waals surface area contributed by atoms with E-state index in [0.717, 1.165) is 25.2 Å². The van der Waals surface area contributed by atoms with Gasteiger partial charge in [-0.05, 0) is 30.6 Å². The maximum Gasteiger partial charge on any atom is 0.191 e. The molecule has 1 atom stereocenters. The first kappa shape index (κ1) is 24.9. The summed E-state index contributed by atoms with van der Waals surface area (Å²) in [7, 11) is -1.39. The zero-order valence-corrected chi connectivity index (χ0v) is 19.7. The maximum absolute atomic E-state index is 12.3. The van der Waals surface area contributed by atoms with Crippen molar-refractivity contribution < 1.29 is 8.42 Å². The van der Waals surface area contributed by atoms with Gasteiger partial charge in [0.05, 0.1) is 17.5 Å². The molecule has 0 aromatic heterocycles. The second-order valence-electron chi connectivity index (χ2n) is 7.46. The van der Waals surface area contributed by atoms with Crippen LogP contribution in [0.4, 0.5) is 0 Å². The van der Waals surface area contributed by atoms with Crippen molar-refractivity contribution in [3.63, 3.8) is 0 Å². The molecule has 2 aromatic rings. The lowest BCUT2D eigenvalue weighted by Crippen LogP contribution is -2.43. The number of guanidine groups is 1. The first-order chi connectivity index (χ1) is 15.0. The molecule has 0 bridgehead atoms. The number of nitrogens with one attached hydrogen (secondary N) is 2. The largest absolute Gasteiger partial charge is 0.356 e. The van der Waals surface area contributed by atoms with Crippen LogP contribution in [-0.4, -0.2) is 58.3 Å². The van der Waals surface area contributed by atoms with Crippen LogP contribution in [0.2, 0.25) is 0 Å². The Morgan fingerprint density at radius 1 is 0.968 bits per heavy atom. The van der Waals surface area contributed by atoms with Crippen LogP contribution in [0.1, 0.15) is 37.4 Å². The van der Waals surface area contributed by atoms with E-state index in [-0.39, 0.29) is 17.5 Å². The van der Waals surface area contributed by atoms with Crippen molar-refractivity contribution in [1.82, 2.24) is 15.5 Å². The zero-order chi connectivity index (χ0) is 22.5. The standard InChI is InChI=1S/C24H36N4O2S/c1-4-28(5-2)23(22-15-10-7-11-16-22)19-27-24(25-3)26-17-12-18-31(29,30)20-21-13-8-6-9-14-21/h6-11,13-16,23H,4-5,12,17-20H2,1-3H3,(H2,25,26,27). The molecule has 2 N–H and O–H groups in total. The summed E-state index contributed by atoms with van der Waals surface area (Å²) >= 11 is 0. The van der Waals surface area contributed by atoms with E-state index in [0.29, 0.717) is 18.9 Å². The molecule has 170 valence electrons. The summed E-state index contributed by atoms with van der Waals surface area (Å²) in [4.78, 5) is 6.70. The molecule has 0 aliphatic rings. The number of aliphatic imine (C=N–C) groups is 1. The van der Waals surface area contributed by atoms with Gasteiger partial charge in [0, 0.05) is 20.1 Å². The van der Waals surface area contributed by atoms with E-state index in [1.807, 2.05) is 36.4 Å². The summed E-state index contributed by atoms with van der Waals surface area (Å²) in [6.07, 6.45) is 0.536. The lowest BCUT2D eigenvalue weighted by atomic mass is 10.1. The third-order valence-electron chi connectivity index (χ3n) is 5.28. The average molecular weight is 445 g/mol. The molecule has 2 rings (SSSR count). The monoisotopic (exact) mass is 444 g/mol. The fraction of sp³-hybridized carbons (Fsp3) is 0.458. The van der Waals surface area contributed by atoms with Gasteiger partial charge >= 0.3 is 0 Å². The molecule has 0 fully saturated rings. The second-order valence-corrected chi connectivity index (χ2v) is 9.64. The van der Waals surface area contributed by atoms with Crippen molar-refractivity contribution in [2.45, 2.75) is 32.1 Å². The van der Waals surface area contributed by atoms with Crippen molar-refractivity contribution in [3.05, 3.63) is 71.8 Å². The zero-order valence-electron chi connectivity index (χ0n) is 18.9. The predicted octanol–water partition coefficient (Wildman–Crippen LogP) is 3.24. The molecule has 0 amide bonds. The van der Waals surface area contributed by atoms with Crippen molar-refractivity contribution >= 4 is 15.8 Å². The van der Waals surface area contributed by atoms with Crippen LogP contribution in [-0.2, 0) is 15.6 Å². The minimum atomic E-state index is -3.13. The van der Waals surface area contributed by atoms with Crippen molar-refractivity contribution in [2.75, 3.05) is 39.0 Å². The van der Waals surface area contributed by atoms with Crippen LogP contribution < -0.4 is 10.6 Å².